The monoisotopic (exact) mass is 765 g/mol. The van der Waals surface area contributed by atoms with Gasteiger partial charge in [-0.3, -0.25) is 14.4 Å². The molecule has 0 aromatic rings. The quantitative estimate of drug-likeness (QED) is 0.0205. The van der Waals surface area contributed by atoms with Gasteiger partial charge < -0.3 is 14.2 Å². The molecule has 0 aliphatic carbocycles. The average molecular weight is 765 g/mol. The van der Waals surface area contributed by atoms with Crippen LogP contribution < -0.4 is 0 Å². The number of unbranched alkanes of at least 4 members (excludes halogenated alkanes) is 15. The number of carbonyl (C=O) groups is 3. The van der Waals surface area contributed by atoms with Crippen LogP contribution in [0.1, 0.15) is 188 Å². The van der Waals surface area contributed by atoms with Gasteiger partial charge in [0.15, 0.2) is 6.10 Å². The van der Waals surface area contributed by atoms with E-state index in [0.717, 1.165) is 70.6 Å². The third kappa shape index (κ3) is 41.6. The van der Waals surface area contributed by atoms with Crippen molar-refractivity contribution in [1.29, 1.82) is 0 Å². The summed E-state index contributed by atoms with van der Waals surface area (Å²) in [5.74, 6) is -1.10. The molecule has 0 saturated carbocycles. The van der Waals surface area contributed by atoms with Crippen LogP contribution >= 0.6 is 0 Å². The maximum atomic E-state index is 12.6. The zero-order valence-corrected chi connectivity index (χ0v) is 35.4. The molecule has 6 nitrogen and oxygen atoms in total. The van der Waals surface area contributed by atoms with E-state index in [1.165, 1.54) is 77.0 Å². The number of esters is 3. The molecule has 1 atom stereocenters. The van der Waals surface area contributed by atoms with Crippen LogP contribution in [0.4, 0.5) is 0 Å². The Labute approximate surface area is 337 Å². The van der Waals surface area contributed by atoms with Crippen molar-refractivity contribution >= 4 is 17.9 Å². The lowest BCUT2D eigenvalue weighted by Crippen LogP contribution is -2.30. The van der Waals surface area contributed by atoms with Gasteiger partial charge in [0.05, 0.1) is 6.42 Å². The second-order valence-electron chi connectivity index (χ2n) is 14.2. The molecule has 0 radical (unpaired) electrons. The minimum Gasteiger partial charge on any atom is -0.462 e. The Bertz CT molecular complexity index is 1110. The first kappa shape index (κ1) is 51.6. The highest BCUT2D eigenvalue weighted by atomic mass is 16.6. The van der Waals surface area contributed by atoms with Crippen LogP contribution in [0.2, 0.25) is 0 Å². The minimum absolute atomic E-state index is 0.0959. The van der Waals surface area contributed by atoms with Crippen LogP contribution in [0.25, 0.3) is 0 Å². The third-order valence-electron chi connectivity index (χ3n) is 8.93. The zero-order valence-electron chi connectivity index (χ0n) is 35.4. The van der Waals surface area contributed by atoms with Gasteiger partial charge in [-0.15, -0.1) is 0 Å². The highest BCUT2D eigenvalue weighted by molar-refractivity contribution is 5.72. The van der Waals surface area contributed by atoms with Crippen molar-refractivity contribution in [3.05, 3.63) is 85.1 Å². The second kappa shape index (κ2) is 43.3. The molecule has 0 bridgehead atoms. The summed E-state index contributed by atoms with van der Waals surface area (Å²) < 4.78 is 16.5. The van der Waals surface area contributed by atoms with E-state index in [4.69, 9.17) is 14.2 Å². The van der Waals surface area contributed by atoms with Crippen LogP contribution in [0, 0.1) is 0 Å². The predicted octanol–water partition coefficient (Wildman–Crippen LogP) is 14.1. The molecule has 0 aliphatic heterocycles. The van der Waals surface area contributed by atoms with E-state index < -0.39 is 12.1 Å². The lowest BCUT2D eigenvalue weighted by atomic mass is 10.1. The van der Waals surface area contributed by atoms with Crippen molar-refractivity contribution in [2.24, 2.45) is 0 Å². The fourth-order valence-electron chi connectivity index (χ4n) is 5.65. The van der Waals surface area contributed by atoms with E-state index in [1.807, 2.05) is 6.08 Å². The van der Waals surface area contributed by atoms with Crippen LogP contribution in [-0.2, 0) is 28.6 Å². The molecule has 0 fully saturated rings. The fraction of sp³-hybridized carbons (Fsp3) is 0.653. The molecule has 0 aromatic heterocycles. The molecule has 1 unspecified atom stereocenters. The van der Waals surface area contributed by atoms with Crippen LogP contribution in [-0.4, -0.2) is 37.2 Å². The number of rotatable bonds is 38. The molecular weight excluding hydrogens is 685 g/mol. The summed E-state index contributed by atoms with van der Waals surface area (Å²) in [6, 6.07) is 0. The summed E-state index contributed by atoms with van der Waals surface area (Å²) in [6.45, 7) is 6.21. The Kier molecular flexibility index (Phi) is 40.6. The molecule has 0 amide bonds. The van der Waals surface area contributed by atoms with Gasteiger partial charge in [-0.25, -0.2) is 0 Å². The number of hydrogen-bond acceptors (Lipinski definition) is 6. The van der Waals surface area contributed by atoms with Crippen molar-refractivity contribution in [1.82, 2.24) is 0 Å². The molecule has 0 aromatic carbocycles. The van der Waals surface area contributed by atoms with E-state index in [9.17, 15) is 14.4 Å². The second-order valence-corrected chi connectivity index (χ2v) is 14.2. The smallest absolute Gasteiger partial charge is 0.310 e. The largest absolute Gasteiger partial charge is 0.462 e. The first-order valence-electron chi connectivity index (χ1n) is 22.1. The molecule has 0 spiro atoms. The van der Waals surface area contributed by atoms with E-state index in [-0.39, 0.29) is 31.6 Å². The van der Waals surface area contributed by atoms with Gasteiger partial charge in [0.2, 0.25) is 0 Å². The SMILES string of the molecule is CC/C=C\C/C=C\C/C=C\CC(=O)OC(COC(=O)CCCC/C=C\C/C=C\CC)COC(=O)CCCCCCCCCCCC/C=C\C=C/CCCCC. The number of carbonyl (C=O) groups excluding carboxylic acids is 3. The van der Waals surface area contributed by atoms with Gasteiger partial charge in [-0.1, -0.05) is 170 Å². The fourth-order valence-corrected chi connectivity index (χ4v) is 5.65. The molecular formula is C49H80O6. The summed E-state index contributed by atoms with van der Waals surface area (Å²) in [7, 11) is 0. The lowest BCUT2D eigenvalue weighted by molar-refractivity contribution is -0.166. The van der Waals surface area contributed by atoms with Crippen LogP contribution in [0.3, 0.4) is 0 Å². The molecule has 0 aliphatic rings. The van der Waals surface area contributed by atoms with Crippen molar-refractivity contribution in [2.45, 2.75) is 194 Å². The first-order valence-corrected chi connectivity index (χ1v) is 22.1. The summed E-state index contributed by atoms with van der Waals surface area (Å²) in [5.41, 5.74) is 0. The minimum atomic E-state index is -0.836. The van der Waals surface area contributed by atoms with Gasteiger partial charge in [-0.05, 0) is 83.5 Å². The highest BCUT2D eigenvalue weighted by Gasteiger charge is 2.19. The van der Waals surface area contributed by atoms with Gasteiger partial charge in [-0.2, -0.15) is 0 Å². The number of hydrogen-bond donors (Lipinski definition) is 0. The summed E-state index contributed by atoms with van der Waals surface area (Å²) in [4.78, 5) is 37.5. The van der Waals surface area contributed by atoms with Gasteiger partial charge in [0, 0.05) is 12.8 Å². The van der Waals surface area contributed by atoms with Crippen LogP contribution in [0.5, 0.6) is 0 Å². The Morgan fingerprint density at radius 1 is 0.418 bits per heavy atom. The van der Waals surface area contributed by atoms with E-state index in [0.29, 0.717) is 12.8 Å². The number of allylic oxidation sites excluding steroid dienone is 13. The topological polar surface area (TPSA) is 78.9 Å². The Morgan fingerprint density at radius 2 is 0.818 bits per heavy atom. The molecule has 6 heteroatoms. The van der Waals surface area contributed by atoms with Gasteiger partial charge >= 0.3 is 17.9 Å². The van der Waals surface area contributed by atoms with E-state index >= 15 is 0 Å². The first-order chi connectivity index (χ1) is 27.0. The van der Waals surface area contributed by atoms with Gasteiger partial charge in [0.25, 0.3) is 0 Å². The maximum Gasteiger partial charge on any atom is 0.310 e. The van der Waals surface area contributed by atoms with E-state index in [2.05, 4.69) is 93.7 Å². The zero-order chi connectivity index (χ0) is 40.1. The summed E-state index contributed by atoms with van der Waals surface area (Å²) in [5, 5.41) is 0. The molecule has 0 heterocycles. The van der Waals surface area contributed by atoms with Gasteiger partial charge in [0.1, 0.15) is 13.2 Å². The predicted molar refractivity (Wildman–Crippen MR) is 233 cm³/mol. The molecule has 55 heavy (non-hydrogen) atoms. The highest BCUT2D eigenvalue weighted by Crippen LogP contribution is 2.13. The van der Waals surface area contributed by atoms with Crippen molar-refractivity contribution in [3.63, 3.8) is 0 Å². The third-order valence-corrected chi connectivity index (χ3v) is 8.93. The Balaban J connectivity index is 4.35. The molecule has 0 N–H and O–H groups in total. The van der Waals surface area contributed by atoms with Crippen molar-refractivity contribution < 1.29 is 28.6 Å². The summed E-state index contributed by atoms with van der Waals surface area (Å²) >= 11 is 0. The maximum absolute atomic E-state index is 12.6. The average Bonchev–Trinajstić information content (AvgIpc) is 3.18. The van der Waals surface area contributed by atoms with E-state index in [1.54, 1.807) is 6.08 Å². The molecule has 0 rings (SSSR count). The lowest BCUT2D eigenvalue weighted by Gasteiger charge is -2.18. The van der Waals surface area contributed by atoms with Crippen molar-refractivity contribution in [2.75, 3.05) is 13.2 Å². The molecule has 0 saturated heterocycles. The summed E-state index contributed by atoms with van der Waals surface area (Å²) in [6.07, 6.45) is 54.8. The molecule has 312 valence electrons. The van der Waals surface area contributed by atoms with Crippen LogP contribution in [0.15, 0.2) is 85.1 Å². The van der Waals surface area contributed by atoms with Crippen molar-refractivity contribution in [3.8, 4) is 0 Å². The normalized spacial score (nSPS) is 12.9. The Hall–Kier alpha value is -3.41. The number of ether oxygens (including phenoxy) is 3. The standard InChI is InChI=1S/C49H80O6/c1-4-7-10-13-16-19-20-21-22-23-24-25-26-27-28-31-33-36-39-42-48(51)54-45-46(55-49(52)43-40-37-34-30-18-15-12-9-6-3)44-53-47(50)41-38-35-32-29-17-14-11-8-5-2/h8-9,11-12,16-21,29-30,37,40,46H,4-7,10,13-15,22-28,31-36,38-39,41-45H2,1-3H3/b11-8-,12-9-,19-16-,21-20-,29-17-,30-18-,40-37-. The Morgan fingerprint density at radius 3 is 1.35 bits per heavy atom.